The average molecular weight is 185 g/mol. The fraction of sp³-hybridized carbons (Fsp3) is 0.333. The van der Waals surface area contributed by atoms with E-state index in [1.54, 1.807) is 6.07 Å². The van der Waals surface area contributed by atoms with Crippen LogP contribution in [0.4, 0.5) is 4.39 Å². The van der Waals surface area contributed by atoms with Gasteiger partial charge in [-0.25, -0.2) is 4.39 Å². The number of hydrogen-bond donors (Lipinski definition) is 2. The van der Waals surface area contributed by atoms with E-state index < -0.39 is 5.82 Å². The first-order valence-corrected chi connectivity index (χ1v) is 4.00. The van der Waals surface area contributed by atoms with Gasteiger partial charge >= 0.3 is 0 Å². The highest BCUT2D eigenvalue weighted by atomic mass is 19.1. The highest BCUT2D eigenvalue weighted by Crippen LogP contribution is 2.17. The molecule has 0 atom stereocenters. The molecule has 0 saturated heterocycles. The number of halogens is 1. The van der Waals surface area contributed by atoms with Crippen LogP contribution in [0.25, 0.3) is 0 Å². The van der Waals surface area contributed by atoms with Crippen LogP contribution in [0.5, 0.6) is 5.75 Å². The Morgan fingerprint density at radius 2 is 2.23 bits per heavy atom. The van der Waals surface area contributed by atoms with E-state index in [2.05, 4.69) is 0 Å². The van der Waals surface area contributed by atoms with Crippen LogP contribution >= 0.6 is 0 Å². The summed E-state index contributed by atoms with van der Waals surface area (Å²) in [4.78, 5) is 0. The SMILES string of the molecule is NCc1ccc(OCCO)c(F)c1. The van der Waals surface area contributed by atoms with Gasteiger partial charge in [0.1, 0.15) is 6.61 Å². The summed E-state index contributed by atoms with van der Waals surface area (Å²) in [5, 5.41) is 8.45. The van der Waals surface area contributed by atoms with Gasteiger partial charge in [0.2, 0.25) is 0 Å². The third kappa shape index (κ3) is 2.68. The van der Waals surface area contributed by atoms with E-state index in [0.717, 1.165) is 0 Å². The van der Waals surface area contributed by atoms with E-state index in [9.17, 15) is 4.39 Å². The van der Waals surface area contributed by atoms with Crippen molar-refractivity contribution in [2.75, 3.05) is 13.2 Å². The van der Waals surface area contributed by atoms with Gasteiger partial charge in [-0.05, 0) is 17.7 Å². The first-order valence-electron chi connectivity index (χ1n) is 4.00. The van der Waals surface area contributed by atoms with Gasteiger partial charge in [0, 0.05) is 6.54 Å². The molecule has 0 unspecified atom stereocenters. The van der Waals surface area contributed by atoms with Crippen molar-refractivity contribution in [1.29, 1.82) is 0 Å². The van der Waals surface area contributed by atoms with Crippen molar-refractivity contribution in [2.45, 2.75) is 6.54 Å². The topological polar surface area (TPSA) is 55.5 Å². The minimum Gasteiger partial charge on any atom is -0.488 e. The minimum atomic E-state index is -0.448. The molecule has 3 nitrogen and oxygen atoms in total. The van der Waals surface area contributed by atoms with Crippen molar-refractivity contribution in [1.82, 2.24) is 0 Å². The standard InChI is InChI=1S/C9H12FNO2/c10-8-5-7(6-11)1-2-9(8)13-4-3-12/h1-2,5,12H,3-4,6,11H2. The fourth-order valence-electron chi connectivity index (χ4n) is 0.944. The summed E-state index contributed by atoms with van der Waals surface area (Å²) in [5.74, 6) is -0.303. The Bertz CT molecular complexity index is 278. The van der Waals surface area contributed by atoms with Crippen LogP contribution in [0.3, 0.4) is 0 Å². The predicted octanol–water partition coefficient (Wildman–Crippen LogP) is 0.655. The summed E-state index contributed by atoms with van der Waals surface area (Å²) in [6, 6.07) is 4.52. The van der Waals surface area contributed by atoms with E-state index >= 15 is 0 Å². The van der Waals surface area contributed by atoms with Crippen molar-refractivity contribution in [3.63, 3.8) is 0 Å². The number of nitrogens with two attached hydrogens (primary N) is 1. The predicted molar refractivity (Wildman–Crippen MR) is 46.9 cm³/mol. The van der Waals surface area contributed by atoms with Crippen LogP contribution in [0.1, 0.15) is 5.56 Å². The van der Waals surface area contributed by atoms with E-state index in [-0.39, 0.29) is 19.0 Å². The highest BCUT2D eigenvalue weighted by Gasteiger charge is 2.03. The van der Waals surface area contributed by atoms with E-state index in [4.69, 9.17) is 15.6 Å². The van der Waals surface area contributed by atoms with Crippen molar-refractivity contribution in [2.24, 2.45) is 5.73 Å². The Morgan fingerprint density at radius 3 is 2.77 bits per heavy atom. The molecule has 0 aliphatic heterocycles. The molecule has 4 heteroatoms. The lowest BCUT2D eigenvalue weighted by molar-refractivity contribution is 0.196. The zero-order valence-electron chi connectivity index (χ0n) is 7.16. The maximum atomic E-state index is 13.1. The molecule has 0 spiro atoms. The van der Waals surface area contributed by atoms with E-state index in [1.807, 2.05) is 0 Å². The number of benzene rings is 1. The summed E-state index contributed by atoms with van der Waals surface area (Å²) in [7, 11) is 0. The molecule has 0 aromatic heterocycles. The lowest BCUT2D eigenvalue weighted by atomic mass is 10.2. The maximum Gasteiger partial charge on any atom is 0.165 e. The van der Waals surface area contributed by atoms with Crippen molar-refractivity contribution < 1.29 is 14.2 Å². The zero-order valence-corrected chi connectivity index (χ0v) is 7.16. The largest absolute Gasteiger partial charge is 0.488 e. The Labute approximate surface area is 75.9 Å². The van der Waals surface area contributed by atoms with Crippen LogP contribution in [0, 0.1) is 5.82 Å². The van der Waals surface area contributed by atoms with Crippen molar-refractivity contribution in [3.8, 4) is 5.75 Å². The molecule has 3 N–H and O–H groups in total. The Balaban J connectivity index is 2.73. The third-order valence-electron chi connectivity index (χ3n) is 1.58. The van der Waals surface area contributed by atoms with Gasteiger partial charge in [-0.2, -0.15) is 0 Å². The first kappa shape index (κ1) is 9.95. The van der Waals surface area contributed by atoms with Gasteiger partial charge in [-0.15, -0.1) is 0 Å². The Hall–Kier alpha value is -1.13. The number of aliphatic hydroxyl groups excluding tert-OH is 1. The normalized spacial score (nSPS) is 10.1. The molecule has 1 aromatic rings. The Morgan fingerprint density at radius 1 is 1.46 bits per heavy atom. The fourth-order valence-corrected chi connectivity index (χ4v) is 0.944. The molecule has 0 radical (unpaired) electrons. The number of rotatable bonds is 4. The van der Waals surface area contributed by atoms with Crippen molar-refractivity contribution >= 4 is 0 Å². The van der Waals surface area contributed by atoms with Crippen molar-refractivity contribution in [3.05, 3.63) is 29.6 Å². The second-order valence-corrected chi connectivity index (χ2v) is 2.54. The molecule has 72 valence electrons. The van der Waals surface area contributed by atoms with E-state index in [1.165, 1.54) is 12.1 Å². The molecule has 0 fully saturated rings. The number of aliphatic hydroxyl groups is 1. The summed E-state index contributed by atoms with van der Waals surface area (Å²) in [6.45, 7) is 0.272. The lowest BCUT2D eigenvalue weighted by Crippen LogP contribution is -2.04. The Kier molecular flexibility index (Phi) is 3.67. The van der Waals surface area contributed by atoms with Gasteiger partial charge in [0.25, 0.3) is 0 Å². The molecule has 1 rings (SSSR count). The lowest BCUT2D eigenvalue weighted by Gasteiger charge is -2.06. The molecule has 13 heavy (non-hydrogen) atoms. The third-order valence-corrected chi connectivity index (χ3v) is 1.58. The second kappa shape index (κ2) is 4.79. The van der Waals surface area contributed by atoms with Crippen LogP contribution in [0.15, 0.2) is 18.2 Å². The summed E-state index contributed by atoms with van der Waals surface area (Å²) >= 11 is 0. The van der Waals surface area contributed by atoms with Gasteiger partial charge in [-0.3, -0.25) is 0 Å². The van der Waals surface area contributed by atoms with Gasteiger partial charge in [-0.1, -0.05) is 6.07 Å². The molecular formula is C9H12FNO2. The molecule has 0 bridgehead atoms. The monoisotopic (exact) mass is 185 g/mol. The first-order chi connectivity index (χ1) is 6.27. The van der Waals surface area contributed by atoms with Gasteiger partial charge in [0.05, 0.1) is 6.61 Å². The molecule has 0 amide bonds. The smallest absolute Gasteiger partial charge is 0.165 e. The number of hydrogen-bond acceptors (Lipinski definition) is 3. The number of ether oxygens (including phenoxy) is 1. The quantitative estimate of drug-likeness (QED) is 0.724. The summed E-state index contributed by atoms with van der Waals surface area (Å²) in [6.07, 6.45) is 0. The highest BCUT2D eigenvalue weighted by molar-refractivity contribution is 5.29. The van der Waals surface area contributed by atoms with E-state index in [0.29, 0.717) is 12.1 Å². The maximum absolute atomic E-state index is 13.1. The molecular weight excluding hydrogens is 173 g/mol. The molecule has 1 aromatic carbocycles. The second-order valence-electron chi connectivity index (χ2n) is 2.54. The van der Waals surface area contributed by atoms with Gasteiger partial charge in [0.15, 0.2) is 11.6 Å². The minimum absolute atomic E-state index is 0.0961. The molecule has 0 aliphatic rings. The molecule has 0 aliphatic carbocycles. The van der Waals surface area contributed by atoms with Gasteiger partial charge < -0.3 is 15.6 Å². The summed E-state index contributed by atoms with van der Waals surface area (Å²) in [5.41, 5.74) is 6.04. The zero-order chi connectivity index (χ0) is 9.68. The molecule has 0 heterocycles. The van der Waals surface area contributed by atoms with Crippen LogP contribution in [-0.4, -0.2) is 18.3 Å². The average Bonchev–Trinajstić information content (AvgIpc) is 2.16. The summed E-state index contributed by atoms with van der Waals surface area (Å²) < 4.78 is 18.0. The van der Waals surface area contributed by atoms with Crippen LogP contribution in [-0.2, 0) is 6.54 Å². The van der Waals surface area contributed by atoms with Crippen LogP contribution in [0.2, 0.25) is 0 Å². The van der Waals surface area contributed by atoms with Crippen LogP contribution < -0.4 is 10.5 Å². The molecule has 0 saturated carbocycles.